The third-order valence-electron chi connectivity index (χ3n) is 8.02. The van der Waals surface area contributed by atoms with Crippen molar-refractivity contribution >= 4 is 17.8 Å². The Morgan fingerprint density at radius 3 is 2.12 bits per heavy atom. The van der Waals surface area contributed by atoms with Gasteiger partial charge in [-0.05, 0) is 77.0 Å². The summed E-state index contributed by atoms with van der Waals surface area (Å²) in [5, 5.41) is 3.08. The number of carbonyl (C=O) groups is 3. The summed E-state index contributed by atoms with van der Waals surface area (Å²) >= 11 is 0. The molecule has 4 amide bonds. The Morgan fingerprint density at radius 2 is 1.60 bits per heavy atom. The van der Waals surface area contributed by atoms with Crippen molar-refractivity contribution in [2.75, 3.05) is 33.7 Å². The minimum Gasteiger partial charge on any atom is -0.469 e. The number of carbonyl (C=O) groups excluding carboxylic acids is 3. The number of imide groups is 1. The molecule has 1 fully saturated rings. The highest BCUT2D eigenvalue weighted by molar-refractivity contribution is 6.03. The number of aryl methyl sites for hydroxylation is 1. The molecule has 2 atom stereocenters. The van der Waals surface area contributed by atoms with Crippen molar-refractivity contribution in [3.63, 3.8) is 0 Å². The van der Waals surface area contributed by atoms with Crippen LogP contribution in [0.1, 0.15) is 80.9 Å². The average molecular weight is 551 g/mol. The van der Waals surface area contributed by atoms with Gasteiger partial charge in [-0.2, -0.15) is 0 Å². The van der Waals surface area contributed by atoms with Crippen molar-refractivity contribution in [2.45, 2.75) is 72.6 Å². The van der Waals surface area contributed by atoms with Gasteiger partial charge in [-0.3, -0.25) is 9.59 Å². The van der Waals surface area contributed by atoms with E-state index < -0.39 is 17.7 Å². The number of benzene rings is 2. The summed E-state index contributed by atoms with van der Waals surface area (Å²) in [5.74, 6) is 0.258. The summed E-state index contributed by atoms with van der Waals surface area (Å²) in [5.41, 5.74) is 1.96. The summed E-state index contributed by atoms with van der Waals surface area (Å²) in [6.07, 6.45) is 2.02. The molecule has 2 aromatic carbocycles. The lowest BCUT2D eigenvalue weighted by Crippen LogP contribution is -2.73. The summed E-state index contributed by atoms with van der Waals surface area (Å²) in [7, 11) is 3.97. The van der Waals surface area contributed by atoms with Gasteiger partial charge in [0.1, 0.15) is 11.2 Å². The van der Waals surface area contributed by atoms with Crippen LogP contribution in [0, 0.1) is 12.3 Å². The topological polar surface area (TPSA) is 82.2 Å². The molecule has 0 radical (unpaired) electrons. The van der Waals surface area contributed by atoms with Crippen LogP contribution in [-0.2, 0) is 4.79 Å². The molecule has 1 aliphatic heterocycles. The fourth-order valence-electron chi connectivity index (χ4n) is 5.24. The van der Waals surface area contributed by atoms with Gasteiger partial charge < -0.3 is 19.9 Å². The fraction of sp³-hybridized carbons (Fsp3) is 0.531. The largest absolute Gasteiger partial charge is 0.469 e. The zero-order chi connectivity index (χ0) is 29.4. The van der Waals surface area contributed by atoms with E-state index in [4.69, 9.17) is 4.74 Å². The van der Waals surface area contributed by atoms with Crippen LogP contribution in [0.3, 0.4) is 0 Å². The predicted molar refractivity (Wildman–Crippen MR) is 158 cm³/mol. The number of nitrogens with zero attached hydrogens (tertiary/aromatic N) is 3. The Bertz CT molecular complexity index is 1140. The molecule has 0 bridgehead atoms. The molecule has 0 saturated carbocycles. The average Bonchev–Trinajstić information content (AvgIpc) is 2.94. The zero-order valence-corrected chi connectivity index (χ0v) is 25.2. The van der Waals surface area contributed by atoms with Crippen molar-refractivity contribution in [1.82, 2.24) is 20.0 Å². The highest BCUT2D eigenvalue weighted by Gasteiger charge is 2.63. The maximum absolute atomic E-state index is 13.5. The summed E-state index contributed by atoms with van der Waals surface area (Å²) in [6, 6.07) is 14.4. The van der Waals surface area contributed by atoms with Crippen molar-refractivity contribution in [3.05, 3.63) is 65.2 Å². The monoisotopic (exact) mass is 550 g/mol. The Morgan fingerprint density at radius 1 is 0.975 bits per heavy atom. The van der Waals surface area contributed by atoms with E-state index in [2.05, 4.69) is 12.2 Å². The van der Waals surface area contributed by atoms with Gasteiger partial charge in [0, 0.05) is 25.2 Å². The van der Waals surface area contributed by atoms with Crippen LogP contribution in [0.2, 0.25) is 0 Å². The second-order valence-electron chi connectivity index (χ2n) is 10.9. The molecule has 1 N–H and O–H groups in total. The quantitative estimate of drug-likeness (QED) is 0.327. The number of likely N-dealkylation sites (tertiary alicyclic amines) is 1. The van der Waals surface area contributed by atoms with Crippen LogP contribution in [-0.4, -0.2) is 72.5 Å². The fourth-order valence-corrected chi connectivity index (χ4v) is 5.24. The second-order valence-corrected chi connectivity index (χ2v) is 10.9. The minimum atomic E-state index is -0.777. The molecule has 2 aromatic rings. The van der Waals surface area contributed by atoms with Crippen LogP contribution in [0.15, 0.2) is 48.5 Å². The lowest BCUT2D eigenvalue weighted by atomic mass is 9.72. The van der Waals surface area contributed by atoms with Gasteiger partial charge in [0.15, 0.2) is 6.23 Å². The number of nitrogens with one attached hydrogen (secondary N) is 1. The van der Waals surface area contributed by atoms with Crippen molar-refractivity contribution in [2.24, 2.45) is 5.41 Å². The molecule has 8 heteroatoms. The third-order valence-corrected chi connectivity index (χ3v) is 8.02. The molecule has 0 unspecified atom stereocenters. The van der Waals surface area contributed by atoms with E-state index in [1.165, 1.54) is 4.90 Å². The van der Waals surface area contributed by atoms with E-state index in [9.17, 15) is 14.4 Å². The first-order chi connectivity index (χ1) is 19.1. The molecule has 1 aliphatic rings. The molecule has 1 heterocycles. The van der Waals surface area contributed by atoms with Gasteiger partial charge in [0.25, 0.3) is 5.91 Å². The van der Waals surface area contributed by atoms with Crippen LogP contribution in [0.25, 0.3) is 0 Å². The second kappa shape index (κ2) is 13.8. The Hall–Kier alpha value is -3.39. The molecule has 1 saturated heterocycles. The molecular formula is C32H46N4O4. The van der Waals surface area contributed by atoms with Crippen molar-refractivity contribution in [3.8, 4) is 5.75 Å². The normalized spacial score (nSPS) is 16.9. The van der Waals surface area contributed by atoms with Crippen LogP contribution >= 0.6 is 0 Å². The summed E-state index contributed by atoms with van der Waals surface area (Å²) < 4.78 is 6.33. The van der Waals surface area contributed by atoms with Gasteiger partial charge >= 0.3 is 6.03 Å². The number of urea groups is 1. The summed E-state index contributed by atoms with van der Waals surface area (Å²) in [6.45, 7) is 12.0. The SMILES string of the molecule is CCC[C@@H](NC(=O)N1C(=O)C(CC)(CC)[C@@H]1Oc1ccc(C(=O)N(CC)CCN(C)C)cc1)c1ccc(C)cc1. The van der Waals surface area contributed by atoms with E-state index in [0.717, 1.165) is 30.5 Å². The van der Waals surface area contributed by atoms with Crippen LogP contribution in [0.5, 0.6) is 5.75 Å². The highest BCUT2D eigenvalue weighted by atomic mass is 16.5. The van der Waals surface area contributed by atoms with E-state index in [0.29, 0.717) is 37.2 Å². The number of rotatable bonds is 13. The van der Waals surface area contributed by atoms with Gasteiger partial charge in [-0.1, -0.05) is 57.0 Å². The molecule has 0 aromatic heterocycles. The van der Waals surface area contributed by atoms with Crippen LogP contribution < -0.4 is 10.1 Å². The molecule has 3 rings (SSSR count). The molecule has 0 spiro atoms. The van der Waals surface area contributed by atoms with Crippen molar-refractivity contribution in [1.29, 1.82) is 0 Å². The molecule has 8 nitrogen and oxygen atoms in total. The molecule has 40 heavy (non-hydrogen) atoms. The lowest BCUT2D eigenvalue weighted by molar-refractivity contribution is -0.191. The number of β-lactam (4-membered cyclic amide) rings is 1. The van der Waals surface area contributed by atoms with Gasteiger partial charge in [-0.15, -0.1) is 0 Å². The standard InChI is InChI=1S/C32H46N4O4/c1-8-12-27(24-15-13-23(5)14-16-24)33-31(39)36-29(38)32(9-2,10-3)30(36)40-26-19-17-25(18-20-26)28(37)35(11-4)22-21-34(6)7/h13-20,27,30H,8-12,21-22H2,1-7H3,(H,33,39)/t27-,30+/m1/s1. The number of amides is 4. The Balaban J connectivity index is 1.78. The first-order valence-corrected chi connectivity index (χ1v) is 14.5. The smallest absolute Gasteiger partial charge is 0.327 e. The van der Waals surface area contributed by atoms with E-state index in [-0.39, 0.29) is 17.9 Å². The molecule has 0 aliphatic carbocycles. The zero-order valence-electron chi connectivity index (χ0n) is 25.2. The lowest BCUT2D eigenvalue weighted by Gasteiger charge is -2.53. The number of hydrogen-bond acceptors (Lipinski definition) is 5. The number of hydrogen-bond donors (Lipinski definition) is 1. The Kier molecular flexibility index (Phi) is 10.7. The maximum atomic E-state index is 13.5. The minimum absolute atomic E-state index is 0.0368. The first kappa shape index (κ1) is 31.1. The molecule has 218 valence electrons. The van der Waals surface area contributed by atoms with E-state index >= 15 is 0 Å². The highest BCUT2D eigenvalue weighted by Crippen LogP contribution is 2.46. The summed E-state index contributed by atoms with van der Waals surface area (Å²) in [4.78, 5) is 45.0. The van der Waals surface area contributed by atoms with Gasteiger partial charge in [0.2, 0.25) is 5.91 Å². The Labute approximate surface area is 239 Å². The first-order valence-electron chi connectivity index (χ1n) is 14.5. The van der Waals surface area contributed by atoms with E-state index in [1.54, 1.807) is 24.3 Å². The van der Waals surface area contributed by atoms with Gasteiger partial charge in [0.05, 0.1) is 6.04 Å². The molecular weight excluding hydrogens is 504 g/mol. The predicted octanol–water partition coefficient (Wildman–Crippen LogP) is 5.62. The number of ether oxygens (including phenoxy) is 1. The third kappa shape index (κ3) is 6.66. The van der Waals surface area contributed by atoms with Gasteiger partial charge in [-0.25, -0.2) is 9.69 Å². The van der Waals surface area contributed by atoms with Crippen LogP contribution in [0.4, 0.5) is 4.79 Å². The number of likely N-dealkylation sites (N-methyl/N-ethyl adjacent to an activating group) is 2. The van der Waals surface area contributed by atoms with E-state index in [1.807, 2.05) is 75.9 Å². The maximum Gasteiger partial charge on any atom is 0.327 e. The van der Waals surface area contributed by atoms with Crippen molar-refractivity contribution < 1.29 is 19.1 Å².